The van der Waals surface area contributed by atoms with Crippen LogP contribution in [0, 0.1) is 6.92 Å². The Labute approximate surface area is 110 Å². The molecule has 1 aromatic heterocycles. The van der Waals surface area contributed by atoms with Gasteiger partial charge < -0.3 is 9.47 Å². The van der Waals surface area contributed by atoms with E-state index in [9.17, 15) is 4.79 Å². The molecule has 0 saturated carbocycles. The van der Waals surface area contributed by atoms with E-state index in [0.717, 1.165) is 18.8 Å². The summed E-state index contributed by atoms with van der Waals surface area (Å²) < 4.78 is 2.09. The summed E-state index contributed by atoms with van der Waals surface area (Å²) in [5.74, 6) is 1.25. The Balaban J connectivity index is 2.43. The van der Waals surface area contributed by atoms with Crippen LogP contribution in [-0.4, -0.2) is 32.4 Å². The van der Waals surface area contributed by atoms with Gasteiger partial charge in [0.25, 0.3) is 0 Å². The molecule has 0 saturated heterocycles. The summed E-state index contributed by atoms with van der Waals surface area (Å²) in [5.41, 5.74) is 0. The molecule has 0 atom stereocenters. The average Bonchev–Trinajstić information content (AvgIpc) is 2.63. The van der Waals surface area contributed by atoms with Crippen molar-refractivity contribution < 1.29 is 4.79 Å². The van der Waals surface area contributed by atoms with Crippen LogP contribution in [0.15, 0.2) is 12.4 Å². The van der Waals surface area contributed by atoms with Gasteiger partial charge in [-0.05, 0) is 41.0 Å². The van der Waals surface area contributed by atoms with Gasteiger partial charge in [0.15, 0.2) is 0 Å². The molecule has 1 aromatic rings. The lowest BCUT2D eigenvalue weighted by Gasteiger charge is -2.30. The first-order chi connectivity index (χ1) is 8.43. The number of hydrogen-bond donors (Lipinski definition) is 0. The molecule has 0 bridgehead atoms. The number of carbonyl (C=O) groups is 1. The monoisotopic (exact) mass is 251 g/mol. The average molecular weight is 251 g/mol. The van der Waals surface area contributed by atoms with Crippen molar-refractivity contribution in [3.63, 3.8) is 0 Å². The molecule has 4 heteroatoms. The minimum atomic E-state index is 0.248. The van der Waals surface area contributed by atoms with Crippen molar-refractivity contribution in [3.05, 3.63) is 18.2 Å². The van der Waals surface area contributed by atoms with Crippen molar-refractivity contribution in [1.82, 2.24) is 14.5 Å². The largest absolute Gasteiger partial charge is 0.338 e. The third kappa shape index (κ3) is 3.86. The van der Waals surface area contributed by atoms with Crippen LogP contribution in [-0.2, 0) is 11.3 Å². The summed E-state index contributed by atoms with van der Waals surface area (Å²) in [4.78, 5) is 18.3. The fourth-order valence-corrected chi connectivity index (χ4v) is 2.34. The van der Waals surface area contributed by atoms with Crippen LogP contribution in [0.5, 0.6) is 0 Å². The number of nitrogens with zero attached hydrogens (tertiary/aromatic N) is 3. The van der Waals surface area contributed by atoms with E-state index in [-0.39, 0.29) is 18.0 Å². The Kier molecular flexibility index (Phi) is 5.38. The van der Waals surface area contributed by atoms with Crippen LogP contribution < -0.4 is 0 Å². The van der Waals surface area contributed by atoms with Gasteiger partial charge in [0, 0.05) is 37.4 Å². The maximum atomic E-state index is 12.1. The fourth-order valence-electron chi connectivity index (χ4n) is 2.34. The molecule has 0 aliphatic rings. The summed E-state index contributed by atoms with van der Waals surface area (Å²) in [5, 5.41) is 0. The Hall–Kier alpha value is -1.32. The van der Waals surface area contributed by atoms with Crippen molar-refractivity contribution >= 4 is 5.91 Å². The summed E-state index contributed by atoms with van der Waals surface area (Å²) in [7, 11) is 0. The highest BCUT2D eigenvalue weighted by molar-refractivity contribution is 5.76. The van der Waals surface area contributed by atoms with Gasteiger partial charge in [0.2, 0.25) is 5.91 Å². The number of aryl methyl sites for hydroxylation is 2. The molecule has 1 amide bonds. The summed E-state index contributed by atoms with van der Waals surface area (Å²) in [6, 6.07) is 0.542. The molecular weight excluding hydrogens is 226 g/mol. The first-order valence-corrected chi connectivity index (χ1v) is 6.72. The van der Waals surface area contributed by atoms with Crippen LogP contribution in [0.25, 0.3) is 0 Å². The highest BCUT2D eigenvalue weighted by atomic mass is 16.2. The zero-order chi connectivity index (χ0) is 13.7. The number of hydrogen-bond acceptors (Lipinski definition) is 2. The zero-order valence-corrected chi connectivity index (χ0v) is 12.2. The van der Waals surface area contributed by atoms with E-state index in [1.807, 2.05) is 18.0 Å². The quantitative estimate of drug-likeness (QED) is 0.779. The summed E-state index contributed by atoms with van der Waals surface area (Å²) in [6.45, 7) is 11.1. The van der Waals surface area contributed by atoms with Crippen LogP contribution in [0.2, 0.25) is 0 Å². The van der Waals surface area contributed by atoms with Crippen molar-refractivity contribution in [1.29, 1.82) is 0 Å². The summed E-state index contributed by atoms with van der Waals surface area (Å²) >= 11 is 0. The molecule has 0 aliphatic heterocycles. The van der Waals surface area contributed by atoms with Gasteiger partial charge in [-0.1, -0.05) is 0 Å². The third-order valence-electron chi connectivity index (χ3n) is 3.11. The van der Waals surface area contributed by atoms with Gasteiger partial charge in [-0.25, -0.2) is 4.98 Å². The smallest absolute Gasteiger partial charge is 0.223 e. The fraction of sp³-hybridized carbons (Fsp3) is 0.714. The van der Waals surface area contributed by atoms with E-state index in [0.29, 0.717) is 6.42 Å². The van der Waals surface area contributed by atoms with E-state index >= 15 is 0 Å². The molecule has 4 nitrogen and oxygen atoms in total. The van der Waals surface area contributed by atoms with Gasteiger partial charge in [0.05, 0.1) is 0 Å². The molecule has 18 heavy (non-hydrogen) atoms. The second-order valence-corrected chi connectivity index (χ2v) is 5.26. The Bertz CT molecular complexity index is 374. The molecule has 0 spiro atoms. The van der Waals surface area contributed by atoms with Crippen molar-refractivity contribution in [2.75, 3.05) is 0 Å². The van der Waals surface area contributed by atoms with Gasteiger partial charge in [-0.2, -0.15) is 0 Å². The van der Waals surface area contributed by atoms with E-state index in [1.54, 1.807) is 6.20 Å². The van der Waals surface area contributed by atoms with Crippen LogP contribution in [0.3, 0.4) is 0 Å². The second-order valence-electron chi connectivity index (χ2n) is 5.26. The molecule has 102 valence electrons. The van der Waals surface area contributed by atoms with Gasteiger partial charge in [-0.3, -0.25) is 4.79 Å². The lowest BCUT2D eigenvalue weighted by Crippen LogP contribution is -2.42. The molecular formula is C14H25N3O. The number of imidazole rings is 1. The highest BCUT2D eigenvalue weighted by Gasteiger charge is 2.19. The second kappa shape index (κ2) is 6.57. The van der Waals surface area contributed by atoms with Crippen molar-refractivity contribution in [2.45, 2.75) is 66.1 Å². The molecule has 0 N–H and O–H groups in total. The Morgan fingerprint density at radius 2 is 1.94 bits per heavy atom. The lowest BCUT2D eigenvalue weighted by atomic mass is 10.2. The maximum absolute atomic E-state index is 12.1. The molecule has 0 aliphatic carbocycles. The Morgan fingerprint density at radius 1 is 1.33 bits per heavy atom. The van der Waals surface area contributed by atoms with Gasteiger partial charge in [-0.15, -0.1) is 0 Å². The van der Waals surface area contributed by atoms with Crippen LogP contribution in [0.1, 0.15) is 46.4 Å². The number of carbonyl (C=O) groups excluding carboxylic acids is 1. The first-order valence-electron chi connectivity index (χ1n) is 6.72. The highest BCUT2D eigenvalue weighted by Crippen LogP contribution is 2.09. The third-order valence-corrected chi connectivity index (χ3v) is 3.11. The van der Waals surface area contributed by atoms with E-state index in [2.05, 4.69) is 37.2 Å². The van der Waals surface area contributed by atoms with Gasteiger partial charge in [0.1, 0.15) is 5.82 Å². The van der Waals surface area contributed by atoms with E-state index in [4.69, 9.17) is 0 Å². The van der Waals surface area contributed by atoms with Crippen LogP contribution >= 0.6 is 0 Å². The zero-order valence-electron chi connectivity index (χ0n) is 12.2. The molecule has 0 unspecified atom stereocenters. The Morgan fingerprint density at radius 3 is 2.39 bits per heavy atom. The molecule has 0 fully saturated rings. The lowest BCUT2D eigenvalue weighted by molar-refractivity contribution is -0.134. The van der Waals surface area contributed by atoms with Crippen LogP contribution in [0.4, 0.5) is 0 Å². The standard InChI is InChI=1S/C14H25N3O/c1-11(2)17(12(3)4)14(18)7-6-9-16-10-8-15-13(16)5/h8,10-12H,6-7,9H2,1-5H3. The predicted molar refractivity (Wildman–Crippen MR) is 73.3 cm³/mol. The summed E-state index contributed by atoms with van der Waals surface area (Å²) in [6.07, 6.45) is 5.23. The number of rotatable bonds is 6. The van der Waals surface area contributed by atoms with E-state index in [1.165, 1.54) is 0 Å². The first kappa shape index (κ1) is 14.7. The van der Waals surface area contributed by atoms with Gasteiger partial charge >= 0.3 is 0 Å². The van der Waals surface area contributed by atoms with E-state index < -0.39 is 0 Å². The predicted octanol–water partition coefficient (Wildman–Crippen LogP) is 2.62. The SMILES string of the molecule is Cc1nccn1CCCC(=O)N(C(C)C)C(C)C. The number of aromatic nitrogens is 2. The molecule has 1 rings (SSSR count). The topological polar surface area (TPSA) is 38.1 Å². The van der Waals surface area contributed by atoms with Crippen molar-refractivity contribution in [3.8, 4) is 0 Å². The number of amides is 1. The minimum Gasteiger partial charge on any atom is -0.338 e. The minimum absolute atomic E-state index is 0.248. The van der Waals surface area contributed by atoms with Crippen molar-refractivity contribution in [2.24, 2.45) is 0 Å². The molecule has 0 aromatic carbocycles. The normalized spacial score (nSPS) is 11.3. The maximum Gasteiger partial charge on any atom is 0.223 e. The molecule has 1 heterocycles. The molecule has 0 radical (unpaired) electrons.